The molecule has 25 heavy (non-hydrogen) atoms. The fourth-order valence-electron chi connectivity index (χ4n) is 3.10. The molecule has 1 aliphatic rings. The molecule has 5 nitrogen and oxygen atoms in total. The van der Waals surface area contributed by atoms with Crippen LogP contribution in [-0.2, 0) is 17.8 Å². The Morgan fingerprint density at radius 1 is 1.24 bits per heavy atom. The highest BCUT2D eigenvalue weighted by Gasteiger charge is 2.23. The van der Waals surface area contributed by atoms with E-state index in [0.29, 0.717) is 6.42 Å². The maximum absolute atomic E-state index is 12.5. The third kappa shape index (κ3) is 4.87. The van der Waals surface area contributed by atoms with Gasteiger partial charge in [0.1, 0.15) is 0 Å². The molecule has 1 aromatic heterocycles. The van der Waals surface area contributed by atoms with Crippen LogP contribution in [0.2, 0.25) is 0 Å². The quantitative estimate of drug-likeness (QED) is 0.861. The summed E-state index contributed by atoms with van der Waals surface area (Å²) in [5.41, 5.74) is 8.35. The summed E-state index contributed by atoms with van der Waals surface area (Å²) in [7, 11) is 0. The molecule has 1 amide bonds. The molecule has 1 aliphatic heterocycles. The third-order valence-electron chi connectivity index (χ3n) is 4.63. The Labute approximate surface area is 153 Å². The Kier molecular flexibility index (Phi) is 6.18. The van der Waals surface area contributed by atoms with E-state index in [1.165, 1.54) is 5.01 Å². The summed E-state index contributed by atoms with van der Waals surface area (Å²) in [6.07, 6.45) is 1.37. The highest BCUT2D eigenvalue weighted by Crippen LogP contribution is 2.17. The van der Waals surface area contributed by atoms with Crippen molar-refractivity contribution in [1.29, 1.82) is 0 Å². The van der Waals surface area contributed by atoms with Gasteiger partial charge in [-0.15, -0.1) is 11.3 Å². The van der Waals surface area contributed by atoms with Crippen molar-refractivity contribution in [3.05, 3.63) is 52.0 Å². The molecule has 2 N–H and O–H groups in total. The number of aromatic nitrogens is 1. The van der Waals surface area contributed by atoms with Crippen molar-refractivity contribution in [2.75, 3.05) is 26.2 Å². The van der Waals surface area contributed by atoms with Crippen LogP contribution in [0.1, 0.15) is 35.7 Å². The summed E-state index contributed by atoms with van der Waals surface area (Å²) < 4.78 is 0. The van der Waals surface area contributed by atoms with Gasteiger partial charge in [0.2, 0.25) is 5.91 Å². The molecule has 0 saturated carbocycles. The summed E-state index contributed by atoms with van der Waals surface area (Å²) in [5.74, 6) is 0.151. The van der Waals surface area contributed by atoms with Gasteiger partial charge in [0.05, 0.1) is 10.7 Å². The van der Waals surface area contributed by atoms with E-state index < -0.39 is 0 Å². The molecule has 0 spiro atoms. The molecule has 134 valence electrons. The van der Waals surface area contributed by atoms with Gasteiger partial charge < -0.3 is 10.6 Å². The number of thiazole rings is 1. The number of carbonyl (C=O) groups is 1. The van der Waals surface area contributed by atoms with E-state index in [2.05, 4.69) is 22.2 Å². The van der Waals surface area contributed by atoms with Gasteiger partial charge in [-0.05, 0) is 12.0 Å². The molecule has 3 rings (SSSR count). The lowest BCUT2D eigenvalue weighted by atomic mass is 10.0. The molecule has 0 aliphatic carbocycles. The number of nitrogens with two attached hydrogens (primary N) is 1. The average Bonchev–Trinajstić information content (AvgIpc) is 3.10. The molecule has 0 radical (unpaired) electrons. The number of piperazine rings is 1. The minimum atomic E-state index is -0.228. The second kappa shape index (κ2) is 8.56. The fraction of sp³-hybridized carbons (Fsp3) is 0.474. The van der Waals surface area contributed by atoms with Gasteiger partial charge in [0.25, 0.3) is 0 Å². The van der Waals surface area contributed by atoms with E-state index in [4.69, 9.17) is 5.73 Å². The highest BCUT2D eigenvalue weighted by atomic mass is 32.1. The predicted octanol–water partition coefficient (Wildman–Crippen LogP) is 2.44. The molecule has 1 saturated heterocycles. The van der Waals surface area contributed by atoms with Crippen LogP contribution < -0.4 is 5.73 Å². The Hall–Kier alpha value is -1.76. The van der Waals surface area contributed by atoms with E-state index in [0.717, 1.165) is 50.4 Å². The number of hydrogen-bond donors (Lipinski definition) is 1. The lowest BCUT2D eigenvalue weighted by Crippen LogP contribution is -2.48. The Morgan fingerprint density at radius 2 is 1.96 bits per heavy atom. The van der Waals surface area contributed by atoms with Crippen LogP contribution >= 0.6 is 11.3 Å². The zero-order chi connectivity index (χ0) is 17.6. The molecule has 2 heterocycles. The first-order chi connectivity index (χ1) is 12.2. The molecule has 1 fully saturated rings. The van der Waals surface area contributed by atoms with E-state index in [1.54, 1.807) is 11.3 Å². The number of carbonyl (C=O) groups excluding carboxylic acids is 1. The predicted molar refractivity (Wildman–Crippen MR) is 101 cm³/mol. The summed E-state index contributed by atoms with van der Waals surface area (Å²) in [6.45, 7) is 6.34. The molecule has 0 bridgehead atoms. The maximum Gasteiger partial charge on any atom is 0.224 e. The van der Waals surface area contributed by atoms with Crippen molar-refractivity contribution in [2.45, 2.75) is 32.4 Å². The average molecular weight is 359 g/mol. The number of benzene rings is 1. The van der Waals surface area contributed by atoms with Gasteiger partial charge in [0, 0.05) is 50.6 Å². The Bertz CT molecular complexity index is 680. The minimum absolute atomic E-state index is 0.151. The monoisotopic (exact) mass is 358 g/mol. The molecular formula is C19H26N4OS. The van der Waals surface area contributed by atoms with Crippen molar-refractivity contribution < 1.29 is 4.79 Å². The number of aryl methyl sites for hydroxylation is 1. The number of hydrogen-bond acceptors (Lipinski definition) is 5. The SMILES string of the molecule is CCc1nc(CN2CCN(C(=O)CC(N)c3ccccc3)CC2)cs1. The van der Waals surface area contributed by atoms with Crippen molar-refractivity contribution >= 4 is 17.2 Å². The van der Waals surface area contributed by atoms with Gasteiger partial charge in [-0.25, -0.2) is 4.98 Å². The van der Waals surface area contributed by atoms with E-state index >= 15 is 0 Å². The van der Waals surface area contributed by atoms with Crippen LogP contribution in [0.5, 0.6) is 0 Å². The van der Waals surface area contributed by atoms with Crippen molar-refractivity contribution in [2.24, 2.45) is 5.73 Å². The summed E-state index contributed by atoms with van der Waals surface area (Å²) in [5, 5.41) is 3.34. The summed E-state index contributed by atoms with van der Waals surface area (Å²) in [6, 6.07) is 9.61. The molecular weight excluding hydrogens is 332 g/mol. The van der Waals surface area contributed by atoms with Crippen LogP contribution in [0, 0.1) is 0 Å². The van der Waals surface area contributed by atoms with Gasteiger partial charge in [-0.3, -0.25) is 9.69 Å². The van der Waals surface area contributed by atoms with Gasteiger partial charge in [0.15, 0.2) is 0 Å². The highest BCUT2D eigenvalue weighted by molar-refractivity contribution is 7.09. The second-order valence-corrected chi connectivity index (χ2v) is 7.41. The topological polar surface area (TPSA) is 62.5 Å². The number of amides is 1. The van der Waals surface area contributed by atoms with Crippen LogP contribution in [0.25, 0.3) is 0 Å². The van der Waals surface area contributed by atoms with Gasteiger partial charge in [-0.2, -0.15) is 0 Å². The molecule has 1 aromatic carbocycles. The van der Waals surface area contributed by atoms with Crippen LogP contribution in [0.4, 0.5) is 0 Å². The zero-order valence-electron chi connectivity index (χ0n) is 14.7. The Morgan fingerprint density at radius 3 is 2.60 bits per heavy atom. The van der Waals surface area contributed by atoms with Crippen LogP contribution in [0.15, 0.2) is 35.7 Å². The largest absolute Gasteiger partial charge is 0.340 e. The Balaban J connectivity index is 1.46. The van der Waals surface area contributed by atoms with E-state index in [1.807, 2.05) is 35.2 Å². The summed E-state index contributed by atoms with van der Waals surface area (Å²) in [4.78, 5) is 21.4. The fourth-order valence-corrected chi connectivity index (χ4v) is 3.84. The normalized spacial score (nSPS) is 16.8. The second-order valence-electron chi connectivity index (χ2n) is 6.46. The third-order valence-corrected chi connectivity index (χ3v) is 5.68. The first kappa shape index (κ1) is 18.0. The lowest BCUT2D eigenvalue weighted by Gasteiger charge is -2.34. The molecule has 1 unspecified atom stereocenters. The maximum atomic E-state index is 12.5. The van der Waals surface area contributed by atoms with Gasteiger partial charge in [-0.1, -0.05) is 37.3 Å². The van der Waals surface area contributed by atoms with Crippen molar-refractivity contribution in [3.63, 3.8) is 0 Å². The minimum Gasteiger partial charge on any atom is -0.340 e. The number of nitrogens with zero attached hydrogens (tertiary/aromatic N) is 3. The number of rotatable bonds is 6. The zero-order valence-corrected chi connectivity index (χ0v) is 15.5. The first-order valence-corrected chi connectivity index (χ1v) is 9.77. The van der Waals surface area contributed by atoms with Crippen molar-refractivity contribution in [1.82, 2.24) is 14.8 Å². The molecule has 2 aromatic rings. The molecule has 6 heteroatoms. The summed E-state index contributed by atoms with van der Waals surface area (Å²) >= 11 is 1.73. The smallest absolute Gasteiger partial charge is 0.224 e. The van der Waals surface area contributed by atoms with Crippen LogP contribution in [0.3, 0.4) is 0 Å². The van der Waals surface area contributed by atoms with E-state index in [9.17, 15) is 4.79 Å². The standard InChI is InChI=1S/C19H26N4OS/c1-2-18-21-16(14-25-18)13-22-8-10-23(11-9-22)19(24)12-17(20)15-6-4-3-5-7-15/h3-7,14,17H,2,8-13,20H2,1H3. The van der Waals surface area contributed by atoms with Crippen molar-refractivity contribution in [3.8, 4) is 0 Å². The van der Waals surface area contributed by atoms with E-state index in [-0.39, 0.29) is 11.9 Å². The lowest BCUT2D eigenvalue weighted by molar-refractivity contribution is -0.133. The van der Waals surface area contributed by atoms with Gasteiger partial charge >= 0.3 is 0 Å². The first-order valence-electron chi connectivity index (χ1n) is 8.89. The molecule has 1 atom stereocenters. The van der Waals surface area contributed by atoms with Crippen LogP contribution in [-0.4, -0.2) is 46.9 Å².